The van der Waals surface area contributed by atoms with Crippen LogP contribution in [0.3, 0.4) is 0 Å². The first-order chi connectivity index (χ1) is 7.60. The molecule has 90 valence electrons. The topological polar surface area (TPSA) is 12.0 Å². The SMILES string of the molecule is C1=CC=CNC=C1.CC1CC[SiH2]C(C)(C)C1. The Morgan fingerprint density at radius 3 is 2.19 bits per heavy atom. The minimum Gasteiger partial charge on any atom is -0.368 e. The molecule has 1 nitrogen and oxygen atoms in total. The van der Waals surface area contributed by atoms with Gasteiger partial charge in [-0.25, -0.2) is 0 Å². The Kier molecular flexibility index (Phi) is 5.60. The fourth-order valence-corrected chi connectivity index (χ4v) is 5.04. The lowest BCUT2D eigenvalue weighted by Gasteiger charge is -2.32. The van der Waals surface area contributed by atoms with E-state index in [4.69, 9.17) is 0 Å². The Hall–Kier alpha value is -0.763. The Balaban J connectivity index is 0.000000165. The van der Waals surface area contributed by atoms with Gasteiger partial charge in [0.15, 0.2) is 0 Å². The molecule has 16 heavy (non-hydrogen) atoms. The van der Waals surface area contributed by atoms with Gasteiger partial charge in [-0.3, -0.25) is 0 Å². The van der Waals surface area contributed by atoms with Crippen molar-refractivity contribution in [2.24, 2.45) is 5.92 Å². The zero-order chi connectivity index (χ0) is 11.9. The molecular formula is C14H25NSi. The van der Waals surface area contributed by atoms with Crippen LogP contribution in [0.2, 0.25) is 11.1 Å². The molecule has 0 aromatic carbocycles. The van der Waals surface area contributed by atoms with Crippen LogP contribution in [0, 0.1) is 5.92 Å². The maximum absolute atomic E-state index is 2.92. The van der Waals surface area contributed by atoms with Crippen molar-refractivity contribution in [3.05, 3.63) is 36.7 Å². The van der Waals surface area contributed by atoms with Crippen LogP contribution in [0.15, 0.2) is 36.7 Å². The molecule has 0 radical (unpaired) electrons. The molecule has 0 bridgehead atoms. The quantitative estimate of drug-likeness (QED) is 0.635. The Labute approximate surface area is 103 Å². The first kappa shape index (κ1) is 13.3. The molecule has 2 aliphatic rings. The van der Waals surface area contributed by atoms with Gasteiger partial charge in [-0.1, -0.05) is 45.4 Å². The first-order valence-corrected chi connectivity index (χ1v) is 8.05. The van der Waals surface area contributed by atoms with Crippen molar-refractivity contribution in [3.63, 3.8) is 0 Å². The molecule has 0 saturated carbocycles. The van der Waals surface area contributed by atoms with Gasteiger partial charge in [0.25, 0.3) is 0 Å². The summed E-state index contributed by atoms with van der Waals surface area (Å²) in [6.07, 6.45) is 14.6. The predicted molar refractivity (Wildman–Crippen MR) is 76.3 cm³/mol. The van der Waals surface area contributed by atoms with Gasteiger partial charge in [-0.15, -0.1) is 0 Å². The highest BCUT2D eigenvalue weighted by molar-refractivity contribution is 6.40. The lowest BCUT2D eigenvalue weighted by molar-refractivity contribution is 0.413. The molecule has 1 atom stereocenters. The number of allylic oxidation sites excluding steroid dienone is 4. The largest absolute Gasteiger partial charge is 0.368 e. The molecule has 1 fully saturated rings. The molecule has 0 aromatic rings. The lowest BCUT2D eigenvalue weighted by Crippen LogP contribution is -2.21. The molecule has 2 rings (SSSR count). The summed E-state index contributed by atoms with van der Waals surface area (Å²) in [4.78, 5) is 0. The van der Waals surface area contributed by atoms with Crippen LogP contribution in [-0.2, 0) is 0 Å². The van der Waals surface area contributed by atoms with E-state index in [9.17, 15) is 0 Å². The van der Waals surface area contributed by atoms with Crippen LogP contribution in [0.5, 0.6) is 0 Å². The fourth-order valence-electron chi connectivity index (χ4n) is 2.48. The summed E-state index contributed by atoms with van der Waals surface area (Å²) < 4.78 is 0. The van der Waals surface area contributed by atoms with Crippen molar-refractivity contribution in [2.75, 3.05) is 0 Å². The molecule has 1 unspecified atom stereocenters. The third-order valence-electron chi connectivity index (χ3n) is 3.17. The average molecular weight is 235 g/mol. The Morgan fingerprint density at radius 2 is 1.75 bits per heavy atom. The molecule has 2 heterocycles. The van der Waals surface area contributed by atoms with Gasteiger partial charge in [0.05, 0.1) is 0 Å². The molecule has 0 aromatic heterocycles. The van der Waals surface area contributed by atoms with Gasteiger partial charge in [0.2, 0.25) is 0 Å². The normalized spacial score (nSPS) is 27.8. The summed E-state index contributed by atoms with van der Waals surface area (Å²) in [5, 5.41) is 3.71. The molecule has 0 spiro atoms. The molecule has 1 saturated heterocycles. The van der Waals surface area contributed by atoms with Crippen LogP contribution in [-0.4, -0.2) is 9.52 Å². The second-order valence-corrected chi connectivity index (χ2v) is 8.76. The van der Waals surface area contributed by atoms with E-state index in [1.165, 1.54) is 12.8 Å². The van der Waals surface area contributed by atoms with E-state index >= 15 is 0 Å². The fraction of sp³-hybridized carbons (Fsp3) is 0.571. The van der Waals surface area contributed by atoms with Crippen molar-refractivity contribution in [1.29, 1.82) is 0 Å². The van der Waals surface area contributed by atoms with Gasteiger partial charge in [-0.05, 0) is 29.5 Å². The van der Waals surface area contributed by atoms with Crippen molar-refractivity contribution in [3.8, 4) is 0 Å². The maximum Gasteiger partial charge on any atom is 0.0264 e. The van der Waals surface area contributed by atoms with Crippen LogP contribution in [0.1, 0.15) is 33.6 Å². The van der Waals surface area contributed by atoms with Gasteiger partial charge >= 0.3 is 0 Å². The summed E-state index contributed by atoms with van der Waals surface area (Å²) in [6.45, 7) is 7.30. The average Bonchev–Trinajstić information content (AvgIpc) is 2.47. The third-order valence-corrected chi connectivity index (χ3v) is 5.57. The number of hydrogen-bond donors (Lipinski definition) is 1. The summed E-state index contributed by atoms with van der Waals surface area (Å²) >= 11 is 0. The van der Waals surface area contributed by atoms with Crippen LogP contribution < -0.4 is 5.32 Å². The molecule has 1 N–H and O–H groups in total. The minimum absolute atomic E-state index is 0.305. The third kappa shape index (κ3) is 5.96. The first-order valence-electron chi connectivity index (χ1n) is 6.34. The minimum atomic E-state index is 0.305. The lowest BCUT2D eigenvalue weighted by atomic mass is 9.95. The maximum atomic E-state index is 2.92. The molecule has 0 amide bonds. The second kappa shape index (κ2) is 6.74. The van der Waals surface area contributed by atoms with Gasteiger partial charge in [-0.2, -0.15) is 0 Å². The zero-order valence-corrected chi connectivity index (χ0v) is 12.3. The second-order valence-electron chi connectivity index (χ2n) is 5.64. The number of nitrogens with one attached hydrogen (secondary N) is 1. The summed E-state index contributed by atoms with van der Waals surface area (Å²) in [6, 6.07) is 1.59. The van der Waals surface area contributed by atoms with Crippen LogP contribution in [0.25, 0.3) is 0 Å². The summed E-state index contributed by atoms with van der Waals surface area (Å²) in [5.74, 6) is 1.02. The summed E-state index contributed by atoms with van der Waals surface area (Å²) in [5.41, 5.74) is 0. The van der Waals surface area contributed by atoms with Gasteiger partial charge in [0.1, 0.15) is 0 Å². The van der Waals surface area contributed by atoms with Gasteiger partial charge in [0, 0.05) is 21.9 Å². The van der Waals surface area contributed by atoms with E-state index in [1.807, 2.05) is 36.7 Å². The molecular weight excluding hydrogens is 210 g/mol. The predicted octanol–water partition coefficient (Wildman–Crippen LogP) is 3.38. The molecule has 2 heteroatoms. The Morgan fingerprint density at radius 1 is 1.12 bits per heavy atom. The van der Waals surface area contributed by atoms with Crippen LogP contribution in [0.4, 0.5) is 0 Å². The van der Waals surface area contributed by atoms with Crippen molar-refractivity contribution >= 4 is 9.52 Å². The number of rotatable bonds is 0. The number of hydrogen-bond acceptors (Lipinski definition) is 1. The van der Waals surface area contributed by atoms with Crippen molar-refractivity contribution < 1.29 is 0 Å². The van der Waals surface area contributed by atoms with Crippen LogP contribution >= 0.6 is 0 Å². The molecule has 0 aliphatic carbocycles. The monoisotopic (exact) mass is 235 g/mol. The van der Waals surface area contributed by atoms with Crippen molar-refractivity contribution in [1.82, 2.24) is 5.32 Å². The smallest absolute Gasteiger partial charge is 0.0264 e. The molecule has 2 aliphatic heterocycles. The van der Waals surface area contributed by atoms with E-state index in [0.29, 0.717) is 9.52 Å². The van der Waals surface area contributed by atoms with E-state index in [-0.39, 0.29) is 0 Å². The van der Waals surface area contributed by atoms with Crippen molar-refractivity contribution in [2.45, 2.75) is 44.7 Å². The highest BCUT2D eigenvalue weighted by Crippen LogP contribution is 2.38. The standard InChI is InChI=1S/C8H18Si.C6H7N/c1-7-4-5-9-8(2,3)6-7;1-2-4-6-7-5-3-1/h7H,4-6,9H2,1-3H3;1-7H. The van der Waals surface area contributed by atoms with E-state index in [2.05, 4.69) is 26.1 Å². The van der Waals surface area contributed by atoms with E-state index < -0.39 is 0 Å². The highest BCUT2D eigenvalue weighted by atomic mass is 28.2. The van der Waals surface area contributed by atoms with Gasteiger partial charge < -0.3 is 5.32 Å². The zero-order valence-electron chi connectivity index (χ0n) is 10.9. The van der Waals surface area contributed by atoms with E-state index in [1.54, 1.807) is 6.04 Å². The highest BCUT2D eigenvalue weighted by Gasteiger charge is 2.25. The Bertz CT molecular complexity index is 262. The summed E-state index contributed by atoms with van der Waals surface area (Å²) in [7, 11) is 0.305. The van der Waals surface area contributed by atoms with E-state index in [0.717, 1.165) is 11.0 Å².